The monoisotopic (exact) mass is 292 g/mol. The summed E-state index contributed by atoms with van der Waals surface area (Å²) in [5, 5.41) is 2.81. The molecule has 0 saturated heterocycles. The molecule has 2 heterocycles. The fourth-order valence-electron chi connectivity index (χ4n) is 3.78. The van der Waals surface area contributed by atoms with Crippen LogP contribution in [0.25, 0.3) is 0 Å². The Balaban J connectivity index is 1.48. The van der Waals surface area contributed by atoms with Gasteiger partial charge in [-0.3, -0.25) is 4.79 Å². The highest BCUT2D eigenvalue weighted by Gasteiger charge is 2.45. The summed E-state index contributed by atoms with van der Waals surface area (Å²) in [5.41, 5.74) is 3.95. The Bertz CT molecular complexity index is 800. The van der Waals surface area contributed by atoms with Gasteiger partial charge in [0, 0.05) is 18.2 Å². The molecule has 110 valence electrons. The summed E-state index contributed by atoms with van der Waals surface area (Å²) in [6.07, 6.45) is 5.43. The van der Waals surface area contributed by atoms with Crippen LogP contribution in [0, 0.1) is 5.92 Å². The number of nitrogens with one attached hydrogen (secondary N) is 1. The molecule has 2 aliphatic carbocycles. The number of hydrogen-bond acceptors (Lipinski definition) is 3. The first-order chi connectivity index (χ1) is 10.8. The van der Waals surface area contributed by atoms with Crippen molar-refractivity contribution in [2.45, 2.75) is 31.6 Å². The van der Waals surface area contributed by atoms with E-state index < -0.39 is 0 Å². The fraction of sp³-hybridized carbons (Fsp3) is 0.333. The van der Waals surface area contributed by atoms with Gasteiger partial charge in [-0.25, -0.2) is 4.98 Å². The summed E-state index contributed by atoms with van der Waals surface area (Å²) in [6.45, 7) is 0. The highest BCUT2D eigenvalue weighted by Crippen LogP contribution is 2.56. The number of rotatable bonds is 2. The van der Waals surface area contributed by atoms with Crippen LogP contribution < -0.4 is 10.1 Å². The normalized spacial score (nSPS) is 24.1. The fourth-order valence-corrected chi connectivity index (χ4v) is 3.78. The summed E-state index contributed by atoms with van der Waals surface area (Å²) in [4.78, 5) is 15.7. The Labute approximate surface area is 128 Å². The van der Waals surface area contributed by atoms with Crippen LogP contribution in [0.3, 0.4) is 0 Å². The van der Waals surface area contributed by atoms with E-state index in [-0.39, 0.29) is 5.91 Å². The third-order valence-corrected chi connectivity index (χ3v) is 5.02. The number of fused-ring (bicyclic) bond motifs is 4. The van der Waals surface area contributed by atoms with Gasteiger partial charge in [0.15, 0.2) is 0 Å². The number of pyridine rings is 1. The molecule has 1 saturated carbocycles. The lowest BCUT2D eigenvalue weighted by Crippen LogP contribution is -2.20. The zero-order valence-corrected chi connectivity index (χ0v) is 12.1. The molecule has 4 nitrogen and oxygen atoms in total. The minimum Gasteiger partial charge on any atom is -0.457 e. The van der Waals surface area contributed by atoms with Crippen molar-refractivity contribution >= 4 is 11.7 Å². The van der Waals surface area contributed by atoms with Gasteiger partial charge < -0.3 is 10.1 Å². The molecule has 5 rings (SSSR count). The van der Waals surface area contributed by atoms with Crippen LogP contribution in [0.1, 0.15) is 35.4 Å². The van der Waals surface area contributed by atoms with Crippen molar-refractivity contribution in [3.63, 3.8) is 0 Å². The summed E-state index contributed by atoms with van der Waals surface area (Å²) >= 11 is 0. The number of benzene rings is 1. The van der Waals surface area contributed by atoms with Gasteiger partial charge in [0.25, 0.3) is 0 Å². The van der Waals surface area contributed by atoms with Gasteiger partial charge in [0.1, 0.15) is 17.3 Å². The highest BCUT2D eigenvalue weighted by molar-refractivity contribution is 5.93. The number of carbonyl (C=O) groups is 1. The number of ether oxygens (including phenoxy) is 1. The van der Waals surface area contributed by atoms with Crippen LogP contribution >= 0.6 is 0 Å². The quantitative estimate of drug-likeness (QED) is 0.922. The predicted octanol–water partition coefficient (Wildman–Crippen LogP) is 3.42. The molecule has 1 aromatic heterocycles. The summed E-state index contributed by atoms with van der Waals surface area (Å²) in [6, 6.07) is 8.33. The van der Waals surface area contributed by atoms with Gasteiger partial charge in [0.05, 0.1) is 0 Å². The van der Waals surface area contributed by atoms with Crippen molar-refractivity contribution in [1.82, 2.24) is 4.98 Å². The smallest absolute Gasteiger partial charge is 0.225 e. The summed E-state index contributed by atoms with van der Waals surface area (Å²) in [7, 11) is 0. The molecule has 1 aromatic carbocycles. The second-order valence-electron chi connectivity index (χ2n) is 6.45. The summed E-state index contributed by atoms with van der Waals surface area (Å²) < 4.78 is 6.11. The average molecular weight is 292 g/mol. The molecule has 4 heteroatoms. The molecular weight excluding hydrogens is 276 g/mol. The van der Waals surface area contributed by atoms with Gasteiger partial charge in [-0.15, -0.1) is 0 Å². The zero-order valence-electron chi connectivity index (χ0n) is 12.1. The number of nitrogens with zero attached hydrogens (tertiary/aromatic N) is 1. The Morgan fingerprint density at radius 1 is 1.23 bits per heavy atom. The van der Waals surface area contributed by atoms with Gasteiger partial charge in [-0.05, 0) is 60.4 Å². The van der Waals surface area contributed by atoms with E-state index in [0.29, 0.717) is 18.7 Å². The van der Waals surface area contributed by atoms with Crippen LogP contribution in [-0.4, -0.2) is 10.9 Å². The first kappa shape index (κ1) is 12.2. The van der Waals surface area contributed by atoms with Crippen molar-refractivity contribution in [2.24, 2.45) is 5.92 Å². The molecule has 1 amide bonds. The van der Waals surface area contributed by atoms with E-state index in [0.717, 1.165) is 28.9 Å². The Hall–Kier alpha value is -2.36. The van der Waals surface area contributed by atoms with Crippen LogP contribution in [0.4, 0.5) is 5.82 Å². The number of amides is 1. The lowest BCUT2D eigenvalue weighted by atomic mass is 10.0. The molecule has 2 atom stereocenters. The minimum atomic E-state index is 0.0226. The van der Waals surface area contributed by atoms with Crippen molar-refractivity contribution in [1.29, 1.82) is 0 Å². The van der Waals surface area contributed by atoms with E-state index in [1.54, 1.807) is 6.20 Å². The maximum Gasteiger partial charge on any atom is 0.225 e. The topological polar surface area (TPSA) is 51.2 Å². The minimum absolute atomic E-state index is 0.0226. The van der Waals surface area contributed by atoms with E-state index in [4.69, 9.17) is 4.74 Å². The van der Waals surface area contributed by atoms with Crippen molar-refractivity contribution in [3.8, 4) is 11.5 Å². The molecule has 2 aromatic rings. The molecule has 22 heavy (non-hydrogen) atoms. The SMILES string of the molecule is O=C1CCc2c(Oc3ccc4c(c3)[C@H]3C[C@H]3C4)ccnc2N1. The number of hydrogen-bond donors (Lipinski definition) is 1. The third kappa shape index (κ3) is 1.83. The molecule has 1 N–H and O–H groups in total. The van der Waals surface area contributed by atoms with Gasteiger partial charge in [0.2, 0.25) is 5.91 Å². The number of anilines is 1. The first-order valence-electron chi connectivity index (χ1n) is 7.86. The standard InChI is InChI=1S/C18H16N2O2/c21-17-4-3-13-16(5-6-19-18(13)20-17)22-12-2-1-10-7-11-8-14(11)15(10)9-12/h1-2,5-6,9,11,14H,3-4,7-8H2,(H,19,20,21)/t11-,14+/m1/s1. The lowest BCUT2D eigenvalue weighted by molar-refractivity contribution is -0.116. The van der Waals surface area contributed by atoms with Crippen LogP contribution in [0.2, 0.25) is 0 Å². The maximum atomic E-state index is 11.5. The first-order valence-corrected chi connectivity index (χ1v) is 7.86. The predicted molar refractivity (Wildman–Crippen MR) is 82.3 cm³/mol. The van der Waals surface area contributed by atoms with E-state index in [2.05, 4.69) is 28.5 Å². The molecule has 0 spiro atoms. The highest BCUT2D eigenvalue weighted by atomic mass is 16.5. The number of carbonyl (C=O) groups excluding carboxylic acids is 1. The molecular formula is C18H16N2O2. The largest absolute Gasteiger partial charge is 0.457 e. The van der Waals surface area contributed by atoms with Crippen LogP contribution in [0.15, 0.2) is 30.5 Å². The Morgan fingerprint density at radius 3 is 3.14 bits per heavy atom. The Kier molecular flexibility index (Phi) is 2.40. The average Bonchev–Trinajstić information content (AvgIpc) is 3.20. The molecule has 1 aliphatic heterocycles. The van der Waals surface area contributed by atoms with Crippen LogP contribution in [-0.2, 0) is 17.6 Å². The maximum absolute atomic E-state index is 11.5. The molecule has 1 fully saturated rings. The van der Waals surface area contributed by atoms with E-state index in [1.807, 2.05) is 6.07 Å². The van der Waals surface area contributed by atoms with Crippen LogP contribution in [0.5, 0.6) is 11.5 Å². The van der Waals surface area contributed by atoms with Gasteiger partial charge >= 0.3 is 0 Å². The lowest BCUT2D eigenvalue weighted by Gasteiger charge is -2.19. The van der Waals surface area contributed by atoms with Crippen molar-refractivity contribution in [3.05, 3.63) is 47.2 Å². The van der Waals surface area contributed by atoms with Crippen molar-refractivity contribution < 1.29 is 9.53 Å². The molecule has 3 aliphatic rings. The summed E-state index contributed by atoms with van der Waals surface area (Å²) in [5.74, 6) is 4.00. The second kappa shape index (κ2) is 4.32. The number of aromatic nitrogens is 1. The van der Waals surface area contributed by atoms with E-state index >= 15 is 0 Å². The molecule has 0 bridgehead atoms. The zero-order chi connectivity index (χ0) is 14.7. The van der Waals surface area contributed by atoms with Gasteiger partial charge in [-0.2, -0.15) is 0 Å². The third-order valence-electron chi connectivity index (χ3n) is 5.02. The molecule has 0 unspecified atom stereocenters. The van der Waals surface area contributed by atoms with Crippen molar-refractivity contribution in [2.75, 3.05) is 5.32 Å². The van der Waals surface area contributed by atoms with E-state index in [9.17, 15) is 4.79 Å². The van der Waals surface area contributed by atoms with Gasteiger partial charge in [-0.1, -0.05) is 6.07 Å². The Morgan fingerprint density at radius 2 is 2.18 bits per heavy atom. The van der Waals surface area contributed by atoms with E-state index in [1.165, 1.54) is 24.0 Å². The molecule has 0 radical (unpaired) electrons. The second-order valence-corrected chi connectivity index (χ2v) is 6.45.